The number of piperidine rings is 2. The Morgan fingerprint density at radius 1 is 1.36 bits per heavy atom. The summed E-state index contributed by atoms with van der Waals surface area (Å²) in [4.78, 5) is 27.3. The number of aromatic nitrogens is 2. The van der Waals surface area contributed by atoms with Gasteiger partial charge in [-0.3, -0.25) is 9.69 Å². The Hall–Kier alpha value is -1.66. The molecule has 2 atom stereocenters. The lowest BCUT2D eigenvalue weighted by atomic mass is 9.83. The van der Waals surface area contributed by atoms with E-state index in [1.165, 1.54) is 9.75 Å². The molecule has 2 saturated heterocycles. The van der Waals surface area contributed by atoms with Crippen LogP contribution in [0, 0.1) is 12.8 Å². The minimum atomic E-state index is 0.336. The van der Waals surface area contributed by atoms with Gasteiger partial charge in [-0.1, -0.05) is 0 Å². The number of thiophene rings is 1. The highest BCUT2D eigenvalue weighted by Crippen LogP contribution is 2.32. The Labute approximate surface area is 153 Å². The van der Waals surface area contributed by atoms with Crippen molar-refractivity contribution in [1.82, 2.24) is 19.8 Å². The molecule has 0 radical (unpaired) electrons. The highest BCUT2D eigenvalue weighted by atomic mass is 32.1. The molecule has 1 N–H and O–H groups in total. The summed E-state index contributed by atoms with van der Waals surface area (Å²) in [6.07, 6.45) is 7.29. The number of aryl methyl sites for hydroxylation is 1. The molecule has 0 bridgehead atoms. The minimum Gasteiger partial charge on any atom is -0.348 e. The number of fused-ring (bicyclic) bond motifs is 1. The second kappa shape index (κ2) is 7.30. The number of imidazole rings is 1. The van der Waals surface area contributed by atoms with Crippen molar-refractivity contribution in [2.24, 2.45) is 5.92 Å². The number of carbonyl (C=O) groups excluding carboxylic acids is 1. The van der Waals surface area contributed by atoms with Crippen molar-refractivity contribution in [2.45, 2.75) is 45.2 Å². The number of hydrogen-bond donors (Lipinski definition) is 1. The van der Waals surface area contributed by atoms with E-state index in [0.29, 0.717) is 24.3 Å². The van der Waals surface area contributed by atoms with Crippen molar-refractivity contribution in [1.29, 1.82) is 0 Å². The molecule has 4 heterocycles. The molecule has 2 aromatic heterocycles. The zero-order valence-corrected chi connectivity index (χ0v) is 15.6. The number of hydrogen-bond acceptors (Lipinski definition) is 4. The van der Waals surface area contributed by atoms with Gasteiger partial charge in [-0.15, -0.1) is 11.3 Å². The van der Waals surface area contributed by atoms with Crippen molar-refractivity contribution in [3.63, 3.8) is 0 Å². The van der Waals surface area contributed by atoms with E-state index in [-0.39, 0.29) is 0 Å². The summed E-state index contributed by atoms with van der Waals surface area (Å²) >= 11 is 1.90. The van der Waals surface area contributed by atoms with Crippen LogP contribution in [0.5, 0.6) is 0 Å². The third-order valence-corrected chi connectivity index (χ3v) is 6.57. The Kier molecular flexibility index (Phi) is 4.90. The van der Waals surface area contributed by atoms with Crippen molar-refractivity contribution in [2.75, 3.05) is 19.6 Å². The number of carbonyl (C=O) groups is 1. The van der Waals surface area contributed by atoms with Crippen LogP contribution < -0.4 is 0 Å². The quantitative estimate of drug-likeness (QED) is 0.894. The first-order valence-corrected chi connectivity index (χ1v) is 10.0. The molecule has 2 fully saturated rings. The molecule has 0 aromatic carbocycles. The topological polar surface area (TPSA) is 52.2 Å². The normalized spacial score (nSPS) is 24.5. The minimum absolute atomic E-state index is 0.336. The van der Waals surface area contributed by atoms with E-state index in [1.807, 2.05) is 17.5 Å². The SMILES string of the molecule is Cc1ccc(CN2CC[C@@H]3[C@@H](CCC(=O)N3CCc3cnc[nH]3)C2)s1. The van der Waals surface area contributed by atoms with Crippen LogP contribution in [0.15, 0.2) is 24.7 Å². The molecule has 0 spiro atoms. The first-order chi connectivity index (χ1) is 12.2. The summed E-state index contributed by atoms with van der Waals surface area (Å²) in [5.74, 6) is 0.956. The summed E-state index contributed by atoms with van der Waals surface area (Å²) in [5, 5.41) is 0. The number of amides is 1. The predicted octanol–water partition coefficient (Wildman–Crippen LogP) is 2.84. The van der Waals surface area contributed by atoms with E-state index in [9.17, 15) is 4.79 Å². The van der Waals surface area contributed by atoms with E-state index < -0.39 is 0 Å². The number of aromatic amines is 1. The van der Waals surface area contributed by atoms with Crippen LogP contribution in [0.2, 0.25) is 0 Å². The van der Waals surface area contributed by atoms with Gasteiger partial charge in [0.1, 0.15) is 0 Å². The molecule has 25 heavy (non-hydrogen) atoms. The van der Waals surface area contributed by atoms with Crippen LogP contribution in [0.4, 0.5) is 0 Å². The first-order valence-electron chi connectivity index (χ1n) is 9.23. The van der Waals surface area contributed by atoms with Gasteiger partial charge in [-0.2, -0.15) is 0 Å². The highest BCUT2D eigenvalue weighted by Gasteiger charge is 2.38. The monoisotopic (exact) mass is 358 g/mol. The smallest absolute Gasteiger partial charge is 0.222 e. The van der Waals surface area contributed by atoms with E-state index in [1.54, 1.807) is 6.33 Å². The van der Waals surface area contributed by atoms with Gasteiger partial charge in [0, 0.05) is 66.7 Å². The fourth-order valence-corrected chi connectivity index (χ4v) is 5.25. The summed E-state index contributed by atoms with van der Waals surface area (Å²) in [5.41, 5.74) is 1.11. The van der Waals surface area contributed by atoms with Gasteiger partial charge < -0.3 is 9.88 Å². The maximum Gasteiger partial charge on any atom is 0.222 e. The van der Waals surface area contributed by atoms with Crippen LogP contribution in [0.3, 0.4) is 0 Å². The maximum absolute atomic E-state index is 12.5. The van der Waals surface area contributed by atoms with Crippen LogP contribution >= 0.6 is 11.3 Å². The van der Waals surface area contributed by atoms with Gasteiger partial charge in [0.15, 0.2) is 0 Å². The van der Waals surface area contributed by atoms with Crippen molar-refractivity contribution in [3.8, 4) is 0 Å². The molecule has 2 aliphatic rings. The van der Waals surface area contributed by atoms with E-state index in [4.69, 9.17) is 0 Å². The third-order valence-electron chi connectivity index (χ3n) is 5.58. The molecule has 0 saturated carbocycles. The average molecular weight is 359 g/mol. The van der Waals surface area contributed by atoms with Crippen molar-refractivity contribution >= 4 is 17.2 Å². The molecule has 6 heteroatoms. The second-order valence-electron chi connectivity index (χ2n) is 7.32. The Morgan fingerprint density at radius 3 is 3.04 bits per heavy atom. The van der Waals surface area contributed by atoms with Gasteiger partial charge in [0.2, 0.25) is 5.91 Å². The second-order valence-corrected chi connectivity index (χ2v) is 8.69. The number of nitrogens with one attached hydrogen (secondary N) is 1. The molecule has 2 aromatic rings. The Bertz CT molecular complexity index is 711. The molecule has 1 amide bonds. The highest BCUT2D eigenvalue weighted by molar-refractivity contribution is 7.11. The van der Waals surface area contributed by atoms with Gasteiger partial charge in [0.25, 0.3) is 0 Å². The van der Waals surface area contributed by atoms with E-state index >= 15 is 0 Å². The Morgan fingerprint density at radius 2 is 2.28 bits per heavy atom. The number of H-pyrrole nitrogens is 1. The van der Waals surface area contributed by atoms with Crippen LogP contribution in [-0.4, -0.2) is 51.4 Å². The number of nitrogens with zero attached hydrogens (tertiary/aromatic N) is 3. The molecular weight excluding hydrogens is 332 g/mol. The molecule has 0 aliphatic carbocycles. The van der Waals surface area contributed by atoms with Crippen molar-refractivity contribution in [3.05, 3.63) is 40.1 Å². The fraction of sp³-hybridized carbons (Fsp3) is 0.579. The summed E-state index contributed by atoms with van der Waals surface area (Å²) < 4.78 is 0. The zero-order chi connectivity index (χ0) is 17.2. The third kappa shape index (κ3) is 3.80. The largest absolute Gasteiger partial charge is 0.348 e. The zero-order valence-electron chi connectivity index (χ0n) is 14.8. The Balaban J connectivity index is 1.37. The maximum atomic E-state index is 12.5. The average Bonchev–Trinajstić information content (AvgIpc) is 3.26. The van der Waals surface area contributed by atoms with Gasteiger partial charge in [-0.05, 0) is 37.8 Å². The lowest BCUT2D eigenvalue weighted by Gasteiger charge is -2.47. The van der Waals surface area contributed by atoms with Gasteiger partial charge in [0.05, 0.1) is 6.33 Å². The molecule has 134 valence electrons. The summed E-state index contributed by atoms with van der Waals surface area (Å²) in [7, 11) is 0. The van der Waals surface area contributed by atoms with Gasteiger partial charge in [-0.25, -0.2) is 4.98 Å². The lowest BCUT2D eigenvalue weighted by Crippen LogP contribution is -2.56. The molecule has 4 rings (SSSR count). The molecule has 0 unspecified atom stereocenters. The summed E-state index contributed by atoms with van der Waals surface area (Å²) in [6.45, 7) is 6.25. The molecule has 5 nitrogen and oxygen atoms in total. The molecule has 2 aliphatic heterocycles. The molecular formula is C19H26N4OS. The van der Waals surface area contributed by atoms with Crippen LogP contribution in [-0.2, 0) is 17.8 Å². The van der Waals surface area contributed by atoms with Crippen LogP contribution in [0.1, 0.15) is 34.7 Å². The lowest BCUT2D eigenvalue weighted by molar-refractivity contribution is -0.141. The predicted molar refractivity (Wildman–Crippen MR) is 99.5 cm³/mol. The fourth-order valence-electron chi connectivity index (χ4n) is 4.31. The van der Waals surface area contributed by atoms with E-state index in [2.05, 4.69) is 38.8 Å². The van der Waals surface area contributed by atoms with Crippen LogP contribution in [0.25, 0.3) is 0 Å². The van der Waals surface area contributed by atoms with Crippen molar-refractivity contribution < 1.29 is 4.79 Å². The number of rotatable bonds is 5. The first kappa shape index (κ1) is 16.8. The standard InChI is InChI=1S/C19H26N4OS/c1-14-2-4-17(25-14)12-22-8-7-18-15(11-22)3-5-19(24)23(18)9-6-16-10-20-13-21-16/h2,4,10,13,15,18H,3,5-9,11-12H2,1H3,(H,20,21)/t15-,18+/m0/s1. The van der Waals surface area contributed by atoms with E-state index in [0.717, 1.165) is 51.1 Å². The summed E-state index contributed by atoms with van der Waals surface area (Å²) in [6, 6.07) is 4.89. The number of likely N-dealkylation sites (tertiary alicyclic amines) is 2. The van der Waals surface area contributed by atoms with Gasteiger partial charge >= 0.3 is 0 Å².